The Morgan fingerprint density at radius 1 is 1.50 bits per heavy atom. The summed E-state index contributed by atoms with van der Waals surface area (Å²) in [6.45, 7) is 3.07. The average Bonchev–Trinajstić information content (AvgIpc) is 2.74. The van der Waals surface area contributed by atoms with E-state index < -0.39 is 0 Å². The second kappa shape index (κ2) is 5.59. The molecule has 0 bridgehead atoms. The summed E-state index contributed by atoms with van der Waals surface area (Å²) >= 11 is 1.46. The standard InChI is InChI=1S/C11H20N4S/c1-2-10-14-11(16-15-10)13-7-8-4-3-5-9(12)6-8/h8-9H,2-7,12H2,1H3,(H,13,14,15). The van der Waals surface area contributed by atoms with Crippen LogP contribution in [-0.2, 0) is 6.42 Å². The van der Waals surface area contributed by atoms with Gasteiger partial charge in [-0.1, -0.05) is 13.3 Å². The Labute approximate surface area is 101 Å². The van der Waals surface area contributed by atoms with Crippen molar-refractivity contribution >= 4 is 16.7 Å². The minimum atomic E-state index is 0.404. The number of nitrogens with zero attached hydrogens (tertiary/aromatic N) is 2. The molecule has 1 aliphatic carbocycles. The highest BCUT2D eigenvalue weighted by molar-refractivity contribution is 7.09. The Hall–Kier alpha value is -0.680. The molecule has 1 aromatic rings. The topological polar surface area (TPSA) is 63.8 Å². The maximum atomic E-state index is 5.97. The van der Waals surface area contributed by atoms with Crippen molar-refractivity contribution in [3.8, 4) is 0 Å². The summed E-state index contributed by atoms with van der Waals surface area (Å²) in [5, 5.41) is 4.33. The quantitative estimate of drug-likeness (QED) is 0.845. The molecule has 1 fully saturated rings. The summed E-state index contributed by atoms with van der Waals surface area (Å²) in [5.74, 6) is 1.64. The van der Waals surface area contributed by atoms with E-state index in [-0.39, 0.29) is 0 Å². The van der Waals surface area contributed by atoms with Crippen LogP contribution >= 0.6 is 11.5 Å². The zero-order valence-corrected chi connectivity index (χ0v) is 10.6. The van der Waals surface area contributed by atoms with Crippen LogP contribution in [0.2, 0.25) is 0 Å². The summed E-state index contributed by atoms with van der Waals surface area (Å²) in [4.78, 5) is 4.40. The number of nitrogens with one attached hydrogen (secondary N) is 1. The van der Waals surface area contributed by atoms with Gasteiger partial charge in [0.2, 0.25) is 5.13 Å². The molecule has 0 spiro atoms. The first kappa shape index (κ1) is 11.8. The minimum Gasteiger partial charge on any atom is -0.360 e. The molecule has 4 nitrogen and oxygen atoms in total. The van der Waals surface area contributed by atoms with Crippen molar-refractivity contribution < 1.29 is 0 Å². The van der Waals surface area contributed by atoms with Gasteiger partial charge in [-0.2, -0.15) is 4.37 Å². The van der Waals surface area contributed by atoms with Gasteiger partial charge in [-0.25, -0.2) is 4.98 Å². The molecule has 16 heavy (non-hydrogen) atoms. The lowest BCUT2D eigenvalue weighted by Gasteiger charge is -2.26. The number of hydrogen-bond donors (Lipinski definition) is 2. The van der Waals surface area contributed by atoms with E-state index in [1.165, 1.54) is 30.8 Å². The lowest BCUT2D eigenvalue weighted by Crippen LogP contribution is -2.30. The van der Waals surface area contributed by atoms with Crippen LogP contribution in [0.4, 0.5) is 5.13 Å². The Kier molecular flexibility index (Phi) is 4.12. The summed E-state index contributed by atoms with van der Waals surface area (Å²) in [7, 11) is 0. The first-order chi connectivity index (χ1) is 7.78. The average molecular weight is 240 g/mol. The Morgan fingerprint density at radius 3 is 3.06 bits per heavy atom. The molecule has 5 heteroatoms. The normalized spacial score (nSPS) is 25.6. The zero-order valence-electron chi connectivity index (χ0n) is 9.78. The van der Waals surface area contributed by atoms with Crippen molar-refractivity contribution in [3.63, 3.8) is 0 Å². The molecule has 0 amide bonds. The van der Waals surface area contributed by atoms with E-state index in [4.69, 9.17) is 5.73 Å². The summed E-state index contributed by atoms with van der Waals surface area (Å²) < 4.78 is 4.26. The van der Waals surface area contributed by atoms with Crippen molar-refractivity contribution in [3.05, 3.63) is 5.82 Å². The second-order valence-electron chi connectivity index (χ2n) is 4.54. The van der Waals surface area contributed by atoms with Crippen LogP contribution in [0.15, 0.2) is 0 Å². The van der Waals surface area contributed by atoms with E-state index in [2.05, 4.69) is 21.6 Å². The molecule has 0 aromatic carbocycles. The second-order valence-corrected chi connectivity index (χ2v) is 5.29. The largest absolute Gasteiger partial charge is 0.360 e. The molecule has 3 N–H and O–H groups in total. The van der Waals surface area contributed by atoms with Crippen LogP contribution in [-0.4, -0.2) is 21.9 Å². The number of hydrogen-bond acceptors (Lipinski definition) is 5. The predicted octanol–water partition coefficient (Wildman–Crippen LogP) is 2.03. The van der Waals surface area contributed by atoms with Gasteiger partial charge in [0.1, 0.15) is 5.82 Å². The molecular weight excluding hydrogens is 220 g/mol. The fourth-order valence-corrected chi connectivity index (χ4v) is 2.87. The van der Waals surface area contributed by atoms with E-state index in [1.54, 1.807) is 0 Å². The van der Waals surface area contributed by atoms with Gasteiger partial charge in [0, 0.05) is 30.5 Å². The van der Waals surface area contributed by atoms with E-state index in [1.807, 2.05) is 0 Å². The number of aromatic nitrogens is 2. The van der Waals surface area contributed by atoms with Gasteiger partial charge in [-0.05, 0) is 25.2 Å². The van der Waals surface area contributed by atoms with Crippen LogP contribution in [0.3, 0.4) is 0 Å². The summed E-state index contributed by atoms with van der Waals surface area (Å²) in [5.41, 5.74) is 5.97. The maximum Gasteiger partial charge on any atom is 0.202 e. The van der Waals surface area contributed by atoms with Crippen LogP contribution in [0.25, 0.3) is 0 Å². The first-order valence-electron chi connectivity index (χ1n) is 6.10. The van der Waals surface area contributed by atoms with E-state index >= 15 is 0 Å². The van der Waals surface area contributed by atoms with Crippen molar-refractivity contribution in [1.82, 2.24) is 9.36 Å². The van der Waals surface area contributed by atoms with Crippen LogP contribution in [0.1, 0.15) is 38.4 Å². The van der Waals surface area contributed by atoms with Crippen molar-refractivity contribution in [2.75, 3.05) is 11.9 Å². The number of rotatable bonds is 4. The smallest absolute Gasteiger partial charge is 0.202 e. The van der Waals surface area contributed by atoms with Gasteiger partial charge in [0.15, 0.2) is 0 Å². The maximum absolute atomic E-state index is 5.97. The van der Waals surface area contributed by atoms with Crippen molar-refractivity contribution in [1.29, 1.82) is 0 Å². The highest BCUT2D eigenvalue weighted by atomic mass is 32.1. The molecule has 0 radical (unpaired) electrons. The van der Waals surface area contributed by atoms with E-state index in [9.17, 15) is 0 Å². The number of anilines is 1. The Morgan fingerprint density at radius 2 is 2.38 bits per heavy atom. The van der Waals surface area contributed by atoms with Gasteiger partial charge in [0.05, 0.1) is 0 Å². The van der Waals surface area contributed by atoms with Crippen LogP contribution in [0, 0.1) is 5.92 Å². The third-order valence-corrected chi connectivity index (χ3v) is 3.86. The van der Waals surface area contributed by atoms with Crippen LogP contribution in [0.5, 0.6) is 0 Å². The van der Waals surface area contributed by atoms with Crippen LogP contribution < -0.4 is 11.1 Å². The third kappa shape index (κ3) is 3.15. The fraction of sp³-hybridized carbons (Fsp3) is 0.818. The van der Waals surface area contributed by atoms with E-state index in [0.717, 1.165) is 30.3 Å². The molecular formula is C11H20N4S. The number of nitrogens with two attached hydrogens (primary N) is 1. The molecule has 1 saturated carbocycles. The number of aryl methyl sites for hydroxylation is 1. The lowest BCUT2D eigenvalue weighted by molar-refractivity contribution is 0.335. The molecule has 90 valence electrons. The molecule has 1 aromatic heterocycles. The van der Waals surface area contributed by atoms with Crippen molar-refractivity contribution in [2.24, 2.45) is 11.7 Å². The molecule has 0 aliphatic heterocycles. The summed E-state index contributed by atoms with van der Waals surface area (Å²) in [6, 6.07) is 0.404. The van der Waals surface area contributed by atoms with E-state index in [0.29, 0.717) is 12.0 Å². The molecule has 0 saturated heterocycles. The fourth-order valence-electron chi connectivity index (χ4n) is 2.22. The Bertz CT molecular complexity index is 326. The first-order valence-corrected chi connectivity index (χ1v) is 6.87. The van der Waals surface area contributed by atoms with Gasteiger partial charge in [-0.15, -0.1) is 0 Å². The minimum absolute atomic E-state index is 0.404. The lowest BCUT2D eigenvalue weighted by atomic mass is 9.86. The highest BCUT2D eigenvalue weighted by Crippen LogP contribution is 2.23. The van der Waals surface area contributed by atoms with Gasteiger partial charge in [-0.3, -0.25) is 0 Å². The Balaban J connectivity index is 1.78. The van der Waals surface area contributed by atoms with Crippen molar-refractivity contribution in [2.45, 2.75) is 45.1 Å². The predicted molar refractivity (Wildman–Crippen MR) is 67.7 cm³/mol. The molecule has 1 aliphatic rings. The third-order valence-electron chi connectivity index (χ3n) is 3.15. The zero-order chi connectivity index (χ0) is 11.4. The highest BCUT2D eigenvalue weighted by Gasteiger charge is 2.19. The van der Waals surface area contributed by atoms with Gasteiger partial charge in [0.25, 0.3) is 0 Å². The summed E-state index contributed by atoms with van der Waals surface area (Å²) in [6.07, 6.45) is 5.80. The van der Waals surface area contributed by atoms with Gasteiger partial charge >= 0.3 is 0 Å². The SMILES string of the molecule is CCc1nsc(NCC2CCCC(N)C2)n1. The molecule has 1 heterocycles. The monoisotopic (exact) mass is 240 g/mol. The molecule has 2 rings (SSSR count). The molecule has 2 unspecified atom stereocenters. The molecule has 2 atom stereocenters. The van der Waals surface area contributed by atoms with Gasteiger partial charge < -0.3 is 11.1 Å².